The summed E-state index contributed by atoms with van der Waals surface area (Å²) in [7, 11) is 0. The van der Waals surface area contributed by atoms with Crippen molar-refractivity contribution in [3.63, 3.8) is 0 Å². The molecule has 0 spiro atoms. The van der Waals surface area contributed by atoms with Crippen molar-refractivity contribution in [3.8, 4) is 11.4 Å². The molecule has 1 aliphatic rings. The summed E-state index contributed by atoms with van der Waals surface area (Å²) in [6.07, 6.45) is 3.99. The Morgan fingerprint density at radius 1 is 1.60 bits per heavy atom. The Balaban J connectivity index is 2.20. The second-order valence-corrected chi connectivity index (χ2v) is 4.67. The number of hydrogen-bond acceptors (Lipinski definition) is 3. The van der Waals surface area contributed by atoms with E-state index in [2.05, 4.69) is 30.7 Å². The highest BCUT2D eigenvalue weighted by Gasteiger charge is 2.28. The summed E-state index contributed by atoms with van der Waals surface area (Å²) >= 11 is 8.55. The van der Waals surface area contributed by atoms with E-state index < -0.39 is 0 Å². The Hall–Kier alpha value is -0.880. The first-order valence-corrected chi connectivity index (χ1v) is 5.88. The fourth-order valence-electron chi connectivity index (χ4n) is 1.62. The average molecular weight is 286 g/mol. The first-order chi connectivity index (χ1) is 7.27. The van der Waals surface area contributed by atoms with Crippen LogP contribution in [0.2, 0.25) is 0 Å². The van der Waals surface area contributed by atoms with E-state index in [1.807, 2.05) is 6.07 Å². The second-order valence-electron chi connectivity index (χ2n) is 3.56. The highest BCUT2D eigenvalue weighted by atomic mass is 79.9. The van der Waals surface area contributed by atoms with Crippen LogP contribution in [-0.4, -0.2) is 14.8 Å². The molecule has 3 rings (SSSR count). The Morgan fingerprint density at radius 2 is 2.40 bits per heavy atom. The molecule has 1 saturated carbocycles. The van der Waals surface area contributed by atoms with Gasteiger partial charge in [0.1, 0.15) is 0 Å². The predicted octanol–water partition coefficient (Wildman–Crippen LogP) is 3.30. The zero-order chi connectivity index (χ0) is 10.4. The number of aromatic amines is 1. The first-order valence-electron chi connectivity index (χ1n) is 4.67. The molecule has 0 amide bonds. The van der Waals surface area contributed by atoms with Crippen LogP contribution in [0.3, 0.4) is 0 Å². The van der Waals surface area contributed by atoms with E-state index in [0.717, 1.165) is 11.4 Å². The lowest BCUT2D eigenvalue weighted by molar-refractivity contribution is 0.541. The Morgan fingerprint density at radius 3 is 3.00 bits per heavy atom. The van der Waals surface area contributed by atoms with Crippen molar-refractivity contribution in [3.05, 3.63) is 21.8 Å². The van der Waals surface area contributed by atoms with Crippen LogP contribution in [0, 0.1) is 4.77 Å². The number of halogens is 1. The van der Waals surface area contributed by atoms with Crippen molar-refractivity contribution in [2.45, 2.75) is 18.9 Å². The third kappa shape index (κ3) is 1.48. The molecule has 1 N–H and O–H groups in total. The highest BCUT2D eigenvalue weighted by Crippen LogP contribution is 2.39. The molecule has 0 radical (unpaired) electrons. The molecule has 0 atom stereocenters. The molecule has 0 aliphatic heterocycles. The fourth-order valence-corrected chi connectivity index (χ4v) is 2.32. The molecule has 0 saturated heterocycles. The van der Waals surface area contributed by atoms with Gasteiger partial charge in [0.25, 0.3) is 0 Å². The maximum atomic E-state index is 5.21. The SMILES string of the molecule is S=c1[nH]nc(-c2ccoc2Br)n1C1CC1. The molecule has 15 heavy (non-hydrogen) atoms. The van der Waals surface area contributed by atoms with Gasteiger partial charge in [-0.05, 0) is 47.1 Å². The third-order valence-corrected chi connectivity index (χ3v) is 3.38. The summed E-state index contributed by atoms with van der Waals surface area (Å²) in [5.74, 6) is 0.850. The van der Waals surface area contributed by atoms with Crippen LogP contribution in [0.5, 0.6) is 0 Å². The lowest BCUT2D eigenvalue weighted by atomic mass is 10.3. The number of H-pyrrole nitrogens is 1. The van der Waals surface area contributed by atoms with Gasteiger partial charge in [-0.2, -0.15) is 5.10 Å². The van der Waals surface area contributed by atoms with Crippen molar-refractivity contribution in [2.24, 2.45) is 0 Å². The van der Waals surface area contributed by atoms with E-state index in [9.17, 15) is 0 Å². The Kier molecular flexibility index (Phi) is 2.07. The van der Waals surface area contributed by atoms with Crippen molar-refractivity contribution >= 4 is 28.1 Å². The van der Waals surface area contributed by atoms with Crippen LogP contribution in [0.4, 0.5) is 0 Å². The first kappa shape index (κ1) is 9.35. The van der Waals surface area contributed by atoms with E-state index >= 15 is 0 Å². The average Bonchev–Trinajstić information content (AvgIpc) is 2.85. The van der Waals surface area contributed by atoms with Gasteiger partial charge >= 0.3 is 0 Å². The lowest BCUT2D eigenvalue weighted by Crippen LogP contribution is -1.96. The zero-order valence-electron chi connectivity index (χ0n) is 7.74. The standard InChI is InChI=1S/C9H8BrN3OS/c10-7-6(3-4-14-7)8-11-12-9(15)13(8)5-1-2-5/h3-5H,1-2H2,(H,12,15). The maximum absolute atomic E-state index is 5.21. The minimum absolute atomic E-state index is 0.507. The molecular weight excluding hydrogens is 278 g/mol. The van der Waals surface area contributed by atoms with Gasteiger partial charge < -0.3 is 4.42 Å². The van der Waals surface area contributed by atoms with Crippen LogP contribution in [0.1, 0.15) is 18.9 Å². The largest absolute Gasteiger partial charge is 0.457 e. The smallest absolute Gasteiger partial charge is 0.195 e. The number of aromatic nitrogens is 3. The topological polar surface area (TPSA) is 46.8 Å². The van der Waals surface area contributed by atoms with E-state index in [4.69, 9.17) is 16.6 Å². The second kappa shape index (κ2) is 3.31. The van der Waals surface area contributed by atoms with Crippen LogP contribution < -0.4 is 0 Å². The molecule has 2 aromatic rings. The zero-order valence-corrected chi connectivity index (χ0v) is 10.1. The molecule has 2 aromatic heterocycles. The maximum Gasteiger partial charge on any atom is 0.195 e. The fraction of sp³-hybridized carbons (Fsp3) is 0.333. The summed E-state index contributed by atoms with van der Waals surface area (Å²) < 4.78 is 8.63. The van der Waals surface area contributed by atoms with Crippen molar-refractivity contribution in [2.75, 3.05) is 0 Å². The molecule has 0 unspecified atom stereocenters. The van der Waals surface area contributed by atoms with Gasteiger partial charge in [-0.25, -0.2) is 0 Å². The molecule has 1 fully saturated rings. The molecule has 0 bridgehead atoms. The number of rotatable bonds is 2. The molecule has 6 heteroatoms. The molecule has 1 aliphatic carbocycles. The van der Waals surface area contributed by atoms with Gasteiger partial charge in [0, 0.05) is 6.04 Å². The van der Waals surface area contributed by atoms with E-state index in [1.165, 1.54) is 12.8 Å². The van der Waals surface area contributed by atoms with Crippen molar-refractivity contribution in [1.82, 2.24) is 14.8 Å². The van der Waals surface area contributed by atoms with Gasteiger partial charge in [0.15, 0.2) is 15.3 Å². The summed E-state index contributed by atoms with van der Waals surface area (Å²) in [6.45, 7) is 0. The molecule has 0 aromatic carbocycles. The lowest BCUT2D eigenvalue weighted by Gasteiger charge is -2.02. The van der Waals surface area contributed by atoms with E-state index in [1.54, 1.807) is 6.26 Å². The summed E-state index contributed by atoms with van der Waals surface area (Å²) in [4.78, 5) is 0. The minimum atomic E-state index is 0.507. The quantitative estimate of drug-likeness (QED) is 0.862. The van der Waals surface area contributed by atoms with Crippen LogP contribution in [-0.2, 0) is 0 Å². The Bertz CT molecular complexity index is 552. The summed E-state index contributed by atoms with van der Waals surface area (Å²) in [5.41, 5.74) is 0.939. The normalized spacial score (nSPS) is 15.8. The van der Waals surface area contributed by atoms with E-state index in [-0.39, 0.29) is 0 Å². The number of furan rings is 1. The molecule has 4 nitrogen and oxygen atoms in total. The minimum Gasteiger partial charge on any atom is -0.457 e. The van der Waals surface area contributed by atoms with Crippen molar-refractivity contribution < 1.29 is 4.42 Å². The number of hydrogen-bond donors (Lipinski definition) is 1. The van der Waals surface area contributed by atoms with Gasteiger partial charge in [-0.15, -0.1) is 0 Å². The van der Waals surface area contributed by atoms with Gasteiger partial charge in [0.05, 0.1) is 11.8 Å². The van der Waals surface area contributed by atoms with E-state index in [0.29, 0.717) is 15.5 Å². The van der Waals surface area contributed by atoms with Gasteiger partial charge in [0.2, 0.25) is 0 Å². The number of nitrogens with one attached hydrogen (secondary N) is 1. The van der Waals surface area contributed by atoms with Crippen LogP contribution in [0.25, 0.3) is 11.4 Å². The Labute approximate surface area is 99.4 Å². The van der Waals surface area contributed by atoms with Gasteiger partial charge in [-0.3, -0.25) is 9.67 Å². The van der Waals surface area contributed by atoms with Gasteiger partial charge in [-0.1, -0.05) is 0 Å². The molecular formula is C9H8BrN3OS. The summed E-state index contributed by atoms with van der Waals surface area (Å²) in [6, 6.07) is 2.39. The highest BCUT2D eigenvalue weighted by molar-refractivity contribution is 9.10. The third-order valence-electron chi connectivity index (χ3n) is 2.48. The molecule has 2 heterocycles. The predicted molar refractivity (Wildman–Crippen MR) is 61.1 cm³/mol. The van der Waals surface area contributed by atoms with Crippen LogP contribution >= 0.6 is 28.1 Å². The van der Waals surface area contributed by atoms with Crippen molar-refractivity contribution in [1.29, 1.82) is 0 Å². The summed E-state index contributed by atoms with van der Waals surface area (Å²) in [5, 5.41) is 7.06. The monoisotopic (exact) mass is 285 g/mol. The van der Waals surface area contributed by atoms with Crippen LogP contribution in [0.15, 0.2) is 21.4 Å². The number of nitrogens with zero attached hydrogens (tertiary/aromatic N) is 2. The molecule has 78 valence electrons.